The molecule has 28 heteroatoms. The minimum absolute atomic E-state index is 0.0293. The van der Waals surface area contributed by atoms with Gasteiger partial charge in [-0.05, 0) is 107 Å². The molecule has 27 nitrogen and oxygen atoms in total. The highest BCUT2D eigenvalue weighted by molar-refractivity contribution is 7.80. The normalized spacial score (nSPS) is 14.7. The molecule has 20 N–H and O–H groups in total. The first-order valence-electron chi connectivity index (χ1n) is 25.6. The molecular formula is C49H82N12O15S. The van der Waals surface area contributed by atoms with E-state index in [1.54, 1.807) is 13.8 Å². The predicted molar refractivity (Wildman–Crippen MR) is 284 cm³/mol. The van der Waals surface area contributed by atoms with Crippen LogP contribution in [0, 0.1) is 11.8 Å². The van der Waals surface area contributed by atoms with Gasteiger partial charge in [0.2, 0.25) is 53.2 Å². The number of carboxylic acids is 2. The van der Waals surface area contributed by atoms with Gasteiger partial charge in [0, 0.05) is 25.0 Å². The number of hydrogen-bond donors (Lipinski definition) is 17. The number of rotatable bonds is 39. The van der Waals surface area contributed by atoms with Gasteiger partial charge in [0.05, 0.1) is 12.6 Å². The number of primary amides is 1. The molecule has 9 atom stereocenters. The van der Waals surface area contributed by atoms with Crippen molar-refractivity contribution in [1.82, 2.24) is 42.5 Å². The van der Waals surface area contributed by atoms with Gasteiger partial charge in [-0.25, -0.2) is 4.79 Å². The van der Waals surface area contributed by atoms with Crippen molar-refractivity contribution < 1.29 is 73.2 Å². The van der Waals surface area contributed by atoms with Crippen LogP contribution in [-0.4, -0.2) is 165 Å². The molecule has 0 saturated carbocycles. The molecule has 77 heavy (non-hydrogen) atoms. The Morgan fingerprint density at radius 3 is 1.29 bits per heavy atom. The zero-order valence-electron chi connectivity index (χ0n) is 44.2. The maximum absolute atomic E-state index is 14.2. The summed E-state index contributed by atoms with van der Waals surface area (Å²) in [6.45, 7) is 6.54. The third-order valence-electron chi connectivity index (χ3n) is 11.8. The van der Waals surface area contributed by atoms with E-state index in [0.29, 0.717) is 31.2 Å². The lowest BCUT2D eigenvalue weighted by atomic mass is 10.00. The summed E-state index contributed by atoms with van der Waals surface area (Å²) in [5.41, 5.74) is 23.4. The van der Waals surface area contributed by atoms with Crippen LogP contribution >= 0.6 is 12.6 Å². The number of benzene rings is 1. The zero-order valence-corrected chi connectivity index (χ0v) is 45.1. The first kappa shape index (κ1) is 68.4. The van der Waals surface area contributed by atoms with Crippen molar-refractivity contribution in [3.05, 3.63) is 29.8 Å². The second-order valence-electron chi connectivity index (χ2n) is 19.4. The Morgan fingerprint density at radius 2 is 0.883 bits per heavy atom. The maximum atomic E-state index is 14.2. The van der Waals surface area contributed by atoms with Crippen molar-refractivity contribution in [3.63, 3.8) is 0 Å². The van der Waals surface area contributed by atoms with Crippen LogP contribution in [0.5, 0.6) is 5.75 Å². The van der Waals surface area contributed by atoms with Gasteiger partial charge in [0.25, 0.3) is 0 Å². The van der Waals surface area contributed by atoms with Crippen molar-refractivity contribution in [3.8, 4) is 5.75 Å². The first-order chi connectivity index (χ1) is 36.3. The van der Waals surface area contributed by atoms with Gasteiger partial charge in [0.1, 0.15) is 54.1 Å². The van der Waals surface area contributed by atoms with Gasteiger partial charge in [-0.15, -0.1) is 0 Å². The molecular weight excluding hydrogens is 1030 g/mol. The lowest BCUT2D eigenvalue weighted by Gasteiger charge is -2.28. The largest absolute Gasteiger partial charge is 0.508 e. The Balaban J connectivity index is 3.57. The summed E-state index contributed by atoms with van der Waals surface area (Å²) in [4.78, 5) is 146. The van der Waals surface area contributed by atoms with E-state index in [9.17, 15) is 73.2 Å². The summed E-state index contributed by atoms with van der Waals surface area (Å²) in [7, 11) is 0. The molecule has 0 aliphatic carbocycles. The van der Waals surface area contributed by atoms with Crippen molar-refractivity contribution in [2.24, 2.45) is 34.8 Å². The average molecular weight is 1110 g/mol. The molecule has 0 aliphatic rings. The monoisotopic (exact) mass is 1110 g/mol. The van der Waals surface area contributed by atoms with Gasteiger partial charge in [-0.1, -0.05) is 39.8 Å². The quantitative estimate of drug-likeness (QED) is 0.0226. The number of aromatic hydroxyl groups is 1. The first-order valence-corrected chi connectivity index (χ1v) is 26.2. The fourth-order valence-electron chi connectivity index (χ4n) is 7.57. The van der Waals surface area contributed by atoms with Gasteiger partial charge < -0.3 is 85.9 Å². The van der Waals surface area contributed by atoms with Crippen molar-refractivity contribution in [2.75, 3.05) is 25.4 Å². The number of nitrogens with two attached hydrogens (primary N) is 4. The smallest absolute Gasteiger partial charge is 0.327 e. The number of phenols is 1. The highest BCUT2D eigenvalue weighted by Gasteiger charge is 2.35. The summed E-state index contributed by atoms with van der Waals surface area (Å²) in [5, 5.41) is 58.4. The fourth-order valence-corrected chi connectivity index (χ4v) is 7.82. The highest BCUT2D eigenvalue weighted by atomic mass is 32.1. The van der Waals surface area contributed by atoms with Gasteiger partial charge in [-0.2, -0.15) is 12.6 Å². The van der Waals surface area contributed by atoms with E-state index >= 15 is 0 Å². The van der Waals surface area contributed by atoms with Crippen LogP contribution in [0.3, 0.4) is 0 Å². The molecule has 0 aliphatic heterocycles. The van der Waals surface area contributed by atoms with Crippen LogP contribution in [0.2, 0.25) is 0 Å². The zero-order chi connectivity index (χ0) is 58.4. The second kappa shape index (κ2) is 36.4. The molecule has 0 spiro atoms. The van der Waals surface area contributed by atoms with Gasteiger partial charge in [0.15, 0.2) is 0 Å². The lowest BCUT2D eigenvalue weighted by Crippen LogP contribution is -2.61. The number of aliphatic hydroxyl groups excluding tert-OH is 1. The third kappa shape index (κ3) is 27.3. The molecule has 0 unspecified atom stereocenters. The Morgan fingerprint density at radius 1 is 0.506 bits per heavy atom. The number of nitrogens with one attached hydrogen (secondary N) is 8. The second-order valence-corrected chi connectivity index (χ2v) is 19.8. The van der Waals surface area contributed by atoms with E-state index in [2.05, 4.69) is 55.2 Å². The highest BCUT2D eigenvalue weighted by Crippen LogP contribution is 2.15. The number of carbonyl (C=O) groups is 11. The summed E-state index contributed by atoms with van der Waals surface area (Å²) >= 11 is 3.88. The standard InChI is InChI=1S/C49H82N12O15S/c1-26(2)21-30(52)41(67)58-36(23-28-11-13-29(63)14-12-28)47(73)55-31(9-5-7-19-50)42(68)56-34(16-18-40(65)66)45(71)59-35(22-27(3)4)46(72)57-33(15-17-39(53)64)44(70)54-32(10-6-8-20-51)43(69)60-37(24-62)48(74)61-38(25-77)49(75)76/h11-14,26-27,30-38,62-63,77H,5-10,15-25,50-52H2,1-4H3,(H2,53,64)(H,54,70)(H,55,73)(H,56,68)(H,57,72)(H,58,67)(H,59,71)(H,60,69)(H,61,74)(H,65,66)(H,75,76)/t30-,31-,32-,33-,34-,35-,36-,37-,38-/m0/s1. The van der Waals surface area contributed by atoms with E-state index in [4.69, 9.17) is 22.9 Å². The minimum atomic E-state index is -1.68. The summed E-state index contributed by atoms with van der Waals surface area (Å²) in [6, 6.07) is -7.15. The molecule has 1 aromatic rings. The molecule has 1 aromatic carbocycles. The summed E-state index contributed by atoms with van der Waals surface area (Å²) in [6.07, 6.45) is -0.746. The number of phenolic OH excluding ortho intramolecular Hbond substituents is 1. The molecule has 434 valence electrons. The molecule has 9 amide bonds. The Kier molecular flexibility index (Phi) is 32.3. The SMILES string of the molecule is CC(C)C[C@H](NC(=O)[C@H](CCC(=O)O)NC(=O)[C@H](CCCCN)NC(=O)[C@H](Cc1ccc(O)cc1)NC(=O)[C@@H](N)CC(C)C)C(=O)N[C@@H](CCC(N)=O)C(=O)N[C@@H](CCCCN)C(=O)N[C@@H](CO)C(=O)N[C@@H](CS)C(=O)O. The number of carboxylic acid groups (broad SMARTS) is 2. The van der Waals surface area contributed by atoms with Crippen LogP contribution in [0.25, 0.3) is 0 Å². The van der Waals surface area contributed by atoms with Crippen LogP contribution in [0.15, 0.2) is 24.3 Å². The number of aliphatic hydroxyl groups is 1. The predicted octanol–water partition coefficient (Wildman–Crippen LogP) is -3.37. The Hall–Kier alpha value is -6.62. The van der Waals surface area contributed by atoms with Crippen molar-refractivity contribution in [2.45, 2.75) is 166 Å². The van der Waals surface area contributed by atoms with Crippen LogP contribution in [0.1, 0.15) is 110 Å². The van der Waals surface area contributed by atoms with E-state index in [0.717, 1.165) is 0 Å². The van der Waals surface area contributed by atoms with Crippen LogP contribution in [0.4, 0.5) is 0 Å². The van der Waals surface area contributed by atoms with E-state index in [-0.39, 0.29) is 68.5 Å². The van der Waals surface area contributed by atoms with E-state index < -0.39 is 152 Å². The van der Waals surface area contributed by atoms with Crippen molar-refractivity contribution >= 4 is 77.7 Å². The molecule has 0 saturated heterocycles. The molecule has 0 radical (unpaired) electrons. The number of thiol groups is 1. The fraction of sp³-hybridized carbons (Fsp3) is 0.653. The number of carbonyl (C=O) groups excluding carboxylic acids is 9. The Labute approximate surface area is 453 Å². The minimum Gasteiger partial charge on any atom is -0.508 e. The van der Waals surface area contributed by atoms with Gasteiger partial charge >= 0.3 is 11.9 Å². The van der Waals surface area contributed by atoms with Gasteiger partial charge in [-0.3, -0.25) is 47.9 Å². The van der Waals surface area contributed by atoms with Crippen LogP contribution in [-0.2, 0) is 59.2 Å². The number of amides is 9. The topological polar surface area (TPSA) is 469 Å². The third-order valence-corrected chi connectivity index (χ3v) is 12.1. The molecule has 0 aromatic heterocycles. The van der Waals surface area contributed by atoms with Crippen molar-refractivity contribution in [1.29, 1.82) is 0 Å². The lowest BCUT2D eigenvalue weighted by molar-refractivity contribution is -0.142. The molecule has 0 bridgehead atoms. The summed E-state index contributed by atoms with van der Waals surface area (Å²) in [5.74, 6) is -11.8. The van der Waals surface area contributed by atoms with Crippen LogP contribution < -0.4 is 65.5 Å². The maximum Gasteiger partial charge on any atom is 0.327 e. The van der Waals surface area contributed by atoms with E-state index in [1.807, 2.05) is 13.8 Å². The molecule has 1 rings (SSSR count). The number of aliphatic carboxylic acids is 2. The molecule has 0 fully saturated rings. The summed E-state index contributed by atoms with van der Waals surface area (Å²) < 4.78 is 0. The Bertz CT molecular complexity index is 2120. The number of unbranched alkanes of at least 4 members (excludes halogenated alkanes) is 2. The average Bonchev–Trinajstić information content (AvgIpc) is 3.35. The molecule has 0 heterocycles. The van der Waals surface area contributed by atoms with E-state index in [1.165, 1.54) is 24.3 Å². The number of hydrogen-bond acceptors (Lipinski definition) is 17.